The molecule has 2 heterocycles. The lowest BCUT2D eigenvalue weighted by Gasteiger charge is -2.12. The molecule has 0 spiro atoms. The van der Waals surface area contributed by atoms with E-state index in [0.29, 0.717) is 23.6 Å². The van der Waals surface area contributed by atoms with Gasteiger partial charge in [0, 0.05) is 18.0 Å². The highest BCUT2D eigenvalue weighted by Gasteiger charge is 2.19. The van der Waals surface area contributed by atoms with E-state index in [1.165, 1.54) is 0 Å². The maximum absolute atomic E-state index is 12.9. The van der Waals surface area contributed by atoms with E-state index in [2.05, 4.69) is 15.2 Å². The first-order valence-corrected chi connectivity index (χ1v) is 8.95. The molecule has 0 atom stereocenters. The lowest BCUT2D eigenvalue weighted by atomic mass is 10.1. The maximum Gasteiger partial charge on any atom is 0.281 e. The van der Waals surface area contributed by atoms with Gasteiger partial charge in [0.1, 0.15) is 17.4 Å². The quantitative estimate of drug-likeness (QED) is 0.640. The minimum atomic E-state index is -0.544. The Hall–Kier alpha value is -3.99. The summed E-state index contributed by atoms with van der Waals surface area (Å²) in [4.78, 5) is 16.9. The number of hydrogen-bond acceptors (Lipinski definition) is 7. The van der Waals surface area contributed by atoms with Crippen molar-refractivity contribution in [3.05, 3.63) is 75.8 Å². The normalized spacial score (nSPS) is 10.8. The molecule has 3 aromatic rings. The van der Waals surface area contributed by atoms with Gasteiger partial charge in [0.05, 0.1) is 18.8 Å². The van der Waals surface area contributed by atoms with Gasteiger partial charge in [-0.1, -0.05) is 6.07 Å². The predicted octanol–water partition coefficient (Wildman–Crippen LogP) is 3.99. The fourth-order valence-corrected chi connectivity index (χ4v) is 2.76. The monoisotopic (exact) mass is 389 g/mol. The zero-order valence-corrected chi connectivity index (χ0v) is 16.0. The third kappa shape index (κ3) is 4.30. The number of azo groups is 1. The summed E-state index contributed by atoms with van der Waals surface area (Å²) in [5.41, 5.74) is 0.931. The van der Waals surface area contributed by atoms with Crippen LogP contribution in [-0.4, -0.2) is 21.3 Å². The minimum Gasteiger partial charge on any atom is -0.494 e. The van der Waals surface area contributed by atoms with Gasteiger partial charge in [0.25, 0.3) is 5.56 Å². The lowest BCUT2D eigenvalue weighted by molar-refractivity contribution is 0.340. The second-order valence-corrected chi connectivity index (χ2v) is 6.16. The molecule has 0 saturated heterocycles. The molecule has 8 heteroatoms. The second kappa shape index (κ2) is 8.80. The summed E-state index contributed by atoms with van der Waals surface area (Å²) in [5, 5.41) is 28.1. The summed E-state index contributed by atoms with van der Waals surface area (Å²) >= 11 is 0. The van der Waals surface area contributed by atoms with Crippen molar-refractivity contribution in [2.24, 2.45) is 10.2 Å². The van der Waals surface area contributed by atoms with Gasteiger partial charge in [-0.3, -0.25) is 14.3 Å². The Morgan fingerprint density at radius 3 is 2.62 bits per heavy atom. The van der Waals surface area contributed by atoms with E-state index in [0.717, 1.165) is 4.57 Å². The smallest absolute Gasteiger partial charge is 0.281 e. The van der Waals surface area contributed by atoms with Crippen molar-refractivity contribution in [3.63, 3.8) is 0 Å². The minimum absolute atomic E-state index is 0.00266. The highest BCUT2D eigenvalue weighted by atomic mass is 16.5. The molecule has 0 radical (unpaired) electrons. The van der Waals surface area contributed by atoms with Gasteiger partial charge < -0.3 is 9.84 Å². The van der Waals surface area contributed by atoms with Crippen LogP contribution in [0.2, 0.25) is 0 Å². The SMILES string of the molecule is CCOc1ccc(N=Nc2c(C)c(C#N)c(O)n(Cc3cccnc3)c2=O)cc1. The van der Waals surface area contributed by atoms with Crippen LogP contribution in [0.4, 0.5) is 11.4 Å². The molecule has 8 nitrogen and oxygen atoms in total. The lowest BCUT2D eigenvalue weighted by Crippen LogP contribution is -2.22. The Morgan fingerprint density at radius 2 is 2.00 bits per heavy atom. The van der Waals surface area contributed by atoms with Gasteiger partial charge in [0.2, 0.25) is 5.88 Å². The number of aromatic nitrogens is 2. The average Bonchev–Trinajstić information content (AvgIpc) is 2.73. The summed E-state index contributed by atoms with van der Waals surface area (Å²) < 4.78 is 6.48. The molecule has 0 bridgehead atoms. The first kappa shape index (κ1) is 19.8. The van der Waals surface area contributed by atoms with Crippen molar-refractivity contribution in [2.75, 3.05) is 6.61 Å². The molecule has 0 aliphatic heterocycles. The molecule has 2 aromatic heterocycles. The molecular formula is C21H19N5O3. The molecule has 0 aliphatic rings. The van der Waals surface area contributed by atoms with Crippen LogP contribution >= 0.6 is 0 Å². The molecule has 0 aliphatic carbocycles. The average molecular weight is 389 g/mol. The van der Waals surface area contributed by atoms with Crippen LogP contribution in [0, 0.1) is 18.3 Å². The van der Waals surface area contributed by atoms with Crippen molar-refractivity contribution in [3.8, 4) is 17.7 Å². The Morgan fingerprint density at radius 1 is 1.24 bits per heavy atom. The van der Waals surface area contributed by atoms with E-state index in [1.54, 1.807) is 55.7 Å². The third-order valence-electron chi connectivity index (χ3n) is 4.25. The van der Waals surface area contributed by atoms with E-state index >= 15 is 0 Å². The number of benzene rings is 1. The highest BCUT2D eigenvalue weighted by Crippen LogP contribution is 2.27. The van der Waals surface area contributed by atoms with E-state index in [-0.39, 0.29) is 23.4 Å². The highest BCUT2D eigenvalue weighted by molar-refractivity contribution is 5.57. The van der Waals surface area contributed by atoms with Crippen molar-refractivity contribution in [1.29, 1.82) is 5.26 Å². The molecule has 146 valence electrons. The summed E-state index contributed by atoms with van der Waals surface area (Å²) in [6, 6.07) is 12.4. The van der Waals surface area contributed by atoms with Crippen LogP contribution in [0.15, 0.2) is 63.8 Å². The van der Waals surface area contributed by atoms with Crippen molar-refractivity contribution < 1.29 is 9.84 Å². The fraction of sp³-hybridized carbons (Fsp3) is 0.190. The standard InChI is InChI=1S/C21H19N5O3/c1-3-29-17-8-6-16(7-9-17)24-25-19-14(2)18(11-22)20(27)26(21(19)28)13-15-5-4-10-23-12-15/h4-10,12,27H,3,13H2,1-2H3. The van der Waals surface area contributed by atoms with E-state index in [1.807, 2.05) is 13.0 Å². The van der Waals surface area contributed by atoms with Crippen molar-refractivity contribution in [2.45, 2.75) is 20.4 Å². The zero-order chi connectivity index (χ0) is 20.8. The summed E-state index contributed by atoms with van der Waals surface area (Å²) in [5.74, 6) is 0.303. The fourth-order valence-electron chi connectivity index (χ4n) is 2.76. The number of ether oxygens (including phenoxy) is 1. The Labute approximate surface area is 167 Å². The molecule has 3 rings (SSSR count). The Kier molecular flexibility index (Phi) is 6.00. The first-order valence-electron chi connectivity index (χ1n) is 8.95. The van der Waals surface area contributed by atoms with Crippen LogP contribution < -0.4 is 10.3 Å². The molecule has 0 fully saturated rings. The van der Waals surface area contributed by atoms with Gasteiger partial charge in [0.15, 0.2) is 5.69 Å². The van der Waals surface area contributed by atoms with Crippen molar-refractivity contribution in [1.82, 2.24) is 9.55 Å². The van der Waals surface area contributed by atoms with E-state index in [9.17, 15) is 15.2 Å². The summed E-state index contributed by atoms with van der Waals surface area (Å²) in [7, 11) is 0. The van der Waals surface area contributed by atoms with Gasteiger partial charge in [-0.25, -0.2) is 0 Å². The van der Waals surface area contributed by atoms with Gasteiger partial charge >= 0.3 is 0 Å². The van der Waals surface area contributed by atoms with Crippen LogP contribution in [0.1, 0.15) is 23.6 Å². The van der Waals surface area contributed by atoms with Crippen LogP contribution in [0.25, 0.3) is 0 Å². The van der Waals surface area contributed by atoms with Crippen LogP contribution in [0.3, 0.4) is 0 Å². The Bertz CT molecular complexity index is 1130. The molecule has 1 aromatic carbocycles. The molecule has 1 N–H and O–H groups in total. The van der Waals surface area contributed by atoms with Crippen molar-refractivity contribution >= 4 is 11.4 Å². The maximum atomic E-state index is 12.9. The Balaban J connectivity index is 2.03. The zero-order valence-electron chi connectivity index (χ0n) is 16.0. The molecule has 0 amide bonds. The number of rotatable bonds is 6. The first-order chi connectivity index (χ1) is 14.0. The number of nitrogens with zero attached hydrogens (tertiary/aromatic N) is 5. The van der Waals surface area contributed by atoms with E-state index < -0.39 is 11.4 Å². The predicted molar refractivity (Wildman–Crippen MR) is 107 cm³/mol. The second-order valence-electron chi connectivity index (χ2n) is 6.16. The summed E-state index contributed by atoms with van der Waals surface area (Å²) in [6.07, 6.45) is 3.19. The number of nitriles is 1. The number of aromatic hydroxyl groups is 1. The number of pyridine rings is 2. The van der Waals surface area contributed by atoms with E-state index in [4.69, 9.17) is 4.74 Å². The molecule has 0 saturated carbocycles. The van der Waals surface area contributed by atoms with Crippen LogP contribution in [0.5, 0.6) is 11.6 Å². The summed E-state index contributed by atoms with van der Waals surface area (Å²) in [6.45, 7) is 4.06. The third-order valence-corrected chi connectivity index (χ3v) is 4.25. The topological polar surface area (TPSA) is 113 Å². The van der Waals surface area contributed by atoms with Crippen LogP contribution in [-0.2, 0) is 6.54 Å². The number of hydrogen-bond donors (Lipinski definition) is 1. The largest absolute Gasteiger partial charge is 0.494 e. The molecule has 29 heavy (non-hydrogen) atoms. The van der Waals surface area contributed by atoms with Gasteiger partial charge in [-0.2, -0.15) is 10.4 Å². The molecular weight excluding hydrogens is 370 g/mol. The van der Waals surface area contributed by atoms with Gasteiger partial charge in [-0.05, 0) is 49.7 Å². The van der Waals surface area contributed by atoms with Gasteiger partial charge in [-0.15, -0.1) is 5.11 Å². The molecule has 0 unspecified atom stereocenters.